The first kappa shape index (κ1) is 37.7. The Bertz CT molecular complexity index is 1760. The molecule has 0 N–H and O–H groups in total. The Morgan fingerprint density at radius 1 is 0.653 bits per heavy atom. The van der Waals surface area contributed by atoms with Crippen LogP contribution in [0.5, 0.6) is 11.5 Å². The van der Waals surface area contributed by atoms with Crippen LogP contribution in [-0.2, 0) is 39.0 Å². The molecule has 0 aliphatic rings. The Morgan fingerprint density at radius 2 is 1.06 bits per heavy atom. The van der Waals surface area contributed by atoms with Crippen molar-refractivity contribution in [3.05, 3.63) is 71.2 Å². The van der Waals surface area contributed by atoms with E-state index >= 15 is 0 Å². The molecule has 0 aliphatic carbocycles. The predicted molar refractivity (Wildman–Crippen MR) is 177 cm³/mol. The number of aromatic nitrogens is 2. The highest BCUT2D eigenvalue weighted by atomic mass is 32.2. The van der Waals surface area contributed by atoms with Crippen LogP contribution in [0.4, 0.5) is 11.6 Å². The molecule has 0 atom stereocenters. The van der Waals surface area contributed by atoms with E-state index in [0.29, 0.717) is 22.6 Å². The maximum absolute atomic E-state index is 13.8. The fourth-order valence-electron chi connectivity index (χ4n) is 4.15. The van der Waals surface area contributed by atoms with Crippen molar-refractivity contribution < 1.29 is 54.1 Å². The van der Waals surface area contributed by atoms with Crippen LogP contribution in [0.2, 0.25) is 0 Å². The lowest BCUT2D eigenvalue weighted by Gasteiger charge is -2.22. The molecule has 4 rings (SSSR count). The maximum Gasteiger partial charge on any atom is 0.658 e. The summed E-state index contributed by atoms with van der Waals surface area (Å²) in [5, 5.41) is 7.86. The van der Waals surface area contributed by atoms with Gasteiger partial charge in [0.15, 0.2) is 11.6 Å². The van der Waals surface area contributed by atoms with Gasteiger partial charge in [0, 0.05) is 25.3 Å². The van der Waals surface area contributed by atoms with Crippen LogP contribution in [0.15, 0.2) is 67.4 Å². The minimum Gasteiger partial charge on any atom is -0.526 e. The summed E-state index contributed by atoms with van der Waals surface area (Å²) in [5.41, 5.74) is 1.07. The molecule has 0 bridgehead atoms. The number of hydrogen-bond acceptors (Lipinski definition) is 14. The average Bonchev–Trinajstić information content (AvgIpc) is 3.59. The molecular weight excluding hydrogens is 683 g/mol. The second kappa shape index (κ2) is 17.0. The smallest absolute Gasteiger partial charge is 0.526 e. The standard InChI is InChI=1S/C30H38BN4O12S2/c1-21-23(3)46-32-29(21)34(19-42-15-13-40-5)48(36,37)27-11-7-9-25(17-27)44-31-45-26-10-8-12-28(18-26)49(38,39)35(20-43-16-14-41-6)30-22(2)24(4)47-33-30/h7-12,17-18H,13-16,19-20H2,1-6H3. The van der Waals surface area contributed by atoms with Crippen molar-refractivity contribution in [1.29, 1.82) is 0 Å². The van der Waals surface area contributed by atoms with E-state index in [1.165, 1.54) is 62.8 Å². The first-order valence-corrected chi connectivity index (χ1v) is 17.7. The third kappa shape index (κ3) is 9.11. The normalized spacial score (nSPS) is 11.8. The van der Waals surface area contributed by atoms with Crippen LogP contribution in [0.25, 0.3) is 0 Å². The van der Waals surface area contributed by atoms with Gasteiger partial charge in [-0.2, -0.15) is 0 Å². The molecule has 2 heterocycles. The highest BCUT2D eigenvalue weighted by Gasteiger charge is 2.31. The van der Waals surface area contributed by atoms with Gasteiger partial charge in [0.2, 0.25) is 0 Å². The van der Waals surface area contributed by atoms with Gasteiger partial charge in [-0.05, 0) is 64.1 Å². The number of hydrogen-bond donors (Lipinski definition) is 0. The molecule has 2 aromatic carbocycles. The van der Waals surface area contributed by atoms with Crippen LogP contribution in [0.3, 0.4) is 0 Å². The second-order valence-corrected chi connectivity index (χ2v) is 14.1. The maximum atomic E-state index is 13.8. The summed E-state index contributed by atoms with van der Waals surface area (Å²) in [6.45, 7) is 6.87. The zero-order valence-electron chi connectivity index (χ0n) is 27.9. The van der Waals surface area contributed by atoms with Gasteiger partial charge in [0.05, 0.1) is 36.2 Å². The van der Waals surface area contributed by atoms with Crippen molar-refractivity contribution in [1.82, 2.24) is 10.3 Å². The van der Waals surface area contributed by atoms with Crippen molar-refractivity contribution in [3.63, 3.8) is 0 Å². The van der Waals surface area contributed by atoms with E-state index in [0.717, 1.165) is 16.3 Å². The van der Waals surface area contributed by atoms with Crippen LogP contribution < -0.4 is 17.9 Å². The average molecular weight is 722 g/mol. The van der Waals surface area contributed by atoms with E-state index < -0.39 is 20.0 Å². The second-order valence-electron chi connectivity index (χ2n) is 10.4. The Labute approximate surface area is 286 Å². The van der Waals surface area contributed by atoms with Crippen molar-refractivity contribution >= 4 is 39.4 Å². The first-order chi connectivity index (χ1) is 23.4. The highest BCUT2D eigenvalue weighted by molar-refractivity contribution is 7.93. The lowest BCUT2D eigenvalue weighted by atomic mass is 10.3. The van der Waals surface area contributed by atoms with Crippen molar-refractivity contribution in [2.45, 2.75) is 37.5 Å². The molecule has 0 spiro atoms. The zero-order valence-corrected chi connectivity index (χ0v) is 29.6. The molecular formula is C30H38BN4O12S2. The van der Waals surface area contributed by atoms with Crippen molar-refractivity contribution in [3.8, 4) is 11.5 Å². The molecule has 19 heteroatoms. The van der Waals surface area contributed by atoms with Crippen LogP contribution >= 0.6 is 0 Å². The fraction of sp³-hybridized carbons (Fsp3) is 0.400. The highest BCUT2D eigenvalue weighted by Crippen LogP contribution is 2.30. The van der Waals surface area contributed by atoms with E-state index in [4.69, 9.17) is 37.3 Å². The van der Waals surface area contributed by atoms with Gasteiger partial charge in [-0.15, -0.1) is 0 Å². The predicted octanol–water partition coefficient (Wildman–Crippen LogP) is 3.52. The van der Waals surface area contributed by atoms with E-state index in [2.05, 4.69) is 10.3 Å². The van der Waals surface area contributed by atoms with Gasteiger partial charge in [-0.25, -0.2) is 25.4 Å². The Kier molecular flexibility index (Phi) is 13.1. The number of anilines is 2. The van der Waals surface area contributed by atoms with E-state index in [1.807, 2.05) is 0 Å². The minimum absolute atomic E-state index is 0.0833. The van der Waals surface area contributed by atoms with E-state index in [9.17, 15) is 16.8 Å². The lowest BCUT2D eigenvalue weighted by molar-refractivity contribution is 0.0752. The Hall–Kier alpha value is -4.14. The summed E-state index contributed by atoms with van der Waals surface area (Å²) in [5.74, 6) is 1.32. The summed E-state index contributed by atoms with van der Waals surface area (Å²) >= 11 is 0. The van der Waals surface area contributed by atoms with Crippen LogP contribution in [0, 0.1) is 27.7 Å². The number of rotatable bonds is 20. The quantitative estimate of drug-likeness (QED) is 0.0734. The van der Waals surface area contributed by atoms with E-state index in [-0.39, 0.29) is 72.8 Å². The van der Waals surface area contributed by atoms with Gasteiger partial charge in [-0.3, -0.25) is 0 Å². The molecule has 0 saturated heterocycles. The number of methoxy groups -OCH3 is 2. The molecule has 0 amide bonds. The molecule has 0 unspecified atom stereocenters. The summed E-state index contributed by atoms with van der Waals surface area (Å²) in [6, 6.07) is 11.4. The minimum atomic E-state index is -4.21. The molecule has 0 saturated carbocycles. The van der Waals surface area contributed by atoms with Gasteiger partial charge in [0.25, 0.3) is 20.0 Å². The monoisotopic (exact) mass is 721 g/mol. The number of aryl methyl sites for hydroxylation is 2. The molecule has 0 fully saturated rings. The number of ether oxygens (including phenoxy) is 4. The molecule has 1 radical (unpaired) electrons. The molecule has 2 aromatic heterocycles. The summed E-state index contributed by atoms with van der Waals surface area (Å²) in [7, 11) is -4.45. The van der Waals surface area contributed by atoms with Crippen LogP contribution in [0.1, 0.15) is 22.6 Å². The summed E-state index contributed by atoms with van der Waals surface area (Å²) < 4.78 is 99.7. The topological polar surface area (TPSA) is 182 Å². The van der Waals surface area contributed by atoms with Gasteiger partial charge >= 0.3 is 7.69 Å². The summed E-state index contributed by atoms with van der Waals surface area (Å²) in [6.07, 6.45) is 0. The third-order valence-corrected chi connectivity index (χ3v) is 10.6. The molecule has 0 aliphatic heterocycles. The molecule has 4 aromatic rings. The third-order valence-electron chi connectivity index (χ3n) is 7.17. The largest absolute Gasteiger partial charge is 0.658 e. The van der Waals surface area contributed by atoms with Gasteiger partial charge in [0.1, 0.15) is 36.5 Å². The Morgan fingerprint density at radius 3 is 1.41 bits per heavy atom. The van der Waals surface area contributed by atoms with Gasteiger partial charge < -0.3 is 37.3 Å². The molecule has 16 nitrogen and oxygen atoms in total. The SMILES string of the molecule is COCCOCN(c1noc(C)c1C)S(=O)(=O)c1cccc(O[B]Oc2cccc(S(=O)(=O)N(COCCOC)c3noc(C)c3C)c2)c1. The Balaban J connectivity index is 1.49. The lowest BCUT2D eigenvalue weighted by Crippen LogP contribution is -2.34. The van der Waals surface area contributed by atoms with Gasteiger partial charge in [-0.1, -0.05) is 22.4 Å². The fourth-order valence-corrected chi connectivity index (χ4v) is 6.91. The number of benzene rings is 2. The van der Waals surface area contributed by atoms with E-state index in [1.54, 1.807) is 27.7 Å². The van der Waals surface area contributed by atoms with Crippen molar-refractivity contribution in [2.24, 2.45) is 0 Å². The molecule has 265 valence electrons. The van der Waals surface area contributed by atoms with Crippen LogP contribution in [-0.4, -0.2) is 88.9 Å². The first-order valence-electron chi connectivity index (χ1n) is 14.8. The summed E-state index contributed by atoms with van der Waals surface area (Å²) in [4.78, 5) is -0.235. The zero-order chi connectivity index (χ0) is 35.6. The molecule has 49 heavy (non-hydrogen) atoms. The van der Waals surface area contributed by atoms with Crippen molar-refractivity contribution in [2.75, 3.05) is 62.7 Å². The number of nitrogens with zero attached hydrogens (tertiary/aromatic N) is 4. The number of sulfonamides is 2.